The lowest BCUT2D eigenvalue weighted by Crippen LogP contribution is -2.18. The van der Waals surface area contributed by atoms with E-state index >= 15 is 0 Å². The van der Waals surface area contributed by atoms with Gasteiger partial charge in [0.2, 0.25) is 0 Å². The van der Waals surface area contributed by atoms with Gasteiger partial charge in [-0.05, 0) is 36.2 Å². The first kappa shape index (κ1) is 13.7. The number of thiol groups is 1. The monoisotopic (exact) mass is 272 g/mol. The van der Waals surface area contributed by atoms with Crippen LogP contribution in [0.2, 0.25) is 0 Å². The fourth-order valence-corrected chi connectivity index (χ4v) is 2.07. The molecule has 2 nitrogen and oxygen atoms in total. The summed E-state index contributed by atoms with van der Waals surface area (Å²) in [6, 6.07) is 16.8. The third kappa shape index (κ3) is 3.61. The lowest BCUT2D eigenvalue weighted by Gasteiger charge is -2.14. The second kappa shape index (κ2) is 6.43. The van der Waals surface area contributed by atoms with E-state index in [1.54, 1.807) is 24.3 Å². The molecule has 0 heterocycles. The quantitative estimate of drug-likeness (QED) is 0.516. The summed E-state index contributed by atoms with van der Waals surface area (Å²) >= 11 is 4.20. The molecule has 0 aliphatic rings. The van der Waals surface area contributed by atoms with Crippen molar-refractivity contribution in [2.45, 2.75) is 24.2 Å². The van der Waals surface area contributed by atoms with Gasteiger partial charge >= 0.3 is 5.97 Å². The van der Waals surface area contributed by atoms with Crippen LogP contribution in [0.4, 0.5) is 0 Å². The van der Waals surface area contributed by atoms with Crippen LogP contribution in [0.15, 0.2) is 59.5 Å². The number of benzene rings is 2. The number of rotatable bonds is 4. The van der Waals surface area contributed by atoms with Crippen LogP contribution in [0.5, 0.6) is 5.75 Å². The topological polar surface area (TPSA) is 26.3 Å². The summed E-state index contributed by atoms with van der Waals surface area (Å²) in [5, 5.41) is 0. The van der Waals surface area contributed by atoms with Crippen molar-refractivity contribution in [2.24, 2.45) is 0 Å². The predicted molar refractivity (Wildman–Crippen MR) is 78.8 cm³/mol. The van der Waals surface area contributed by atoms with E-state index in [1.165, 1.54) is 0 Å². The van der Waals surface area contributed by atoms with Crippen LogP contribution in [0.1, 0.15) is 24.8 Å². The van der Waals surface area contributed by atoms with Crippen molar-refractivity contribution in [3.05, 3.63) is 60.2 Å². The Labute approximate surface area is 118 Å². The fraction of sp³-hybridized carbons (Fsp3) is 0.188. The number of hydrogen-bond acceptors (Lipinski definition) is 3. The standard InChI is InChI=1S/C16H16O2S/c1-2-15(12-6-4-3-5-7-12)16(17)18-13-8-10-14(19)11-9-13/h3-11,15,19H,2H2,1H3. The third-order valence-electron chi connectivity index (χ3n) is 2.95. The molecule has 1 atom stereocenters. The molecule has 3 heteroatoms. The first-order valence-corrected chi connectivity index (χ1v) is 6.71. The van der Waals surface area contributed by atoms with E-state index < -0.39 is 0 Å². The highest BCUT2D eigenvalue weighted by molar-refractivity contribution is 7.80. The maximum absolute atomic E-state index is 12.2. The molecule has 0 N–H and O–H groups in total. The molecule has 2 rings (SSSR count). The van der Waals surface area contributed by atoms with Gasteiger partial charge in [-0.2, -0.15) is 0 Å². The van der Waals surface area contributed by atoms with Gasteiger partial charge in [0.25, 0.3) is 0 Å². The van der Waals surface area contributed by atoms with E-state index in [4.69, 9.17) is 4.74 Å². The summed E-state index contributed by atoms with van der Waals surface area (Å²) < 4.78 is 5.40. The number of carbonyl (C=O) groups is 1. The third-order valence-corrected chi connectivity index (χ3v) is 3.25. The Morgan fingerprint density at radius 1 is 1.11 bits per heavy atom. The summed E-state index contributed by atoms with van der Waals surface area (Å²) in [5.41, 5.74) is 0.987. The van der Waals surface area contributed by atoms with Crippen LogP contribution in [0, 0.1) is 0 Å². The number of ether oxygens (including phenoxy) is 1. The van der Waals surface area contributed by atoms with E-state index in [0.717, 1.165) is 10.5 Å². The lowest BCUT2D eigenvalue weighted by atomic mass is 9.97. The average Bonchev–Trinajstić information content (AvgIpc) is 2.43. The van der Waals surface area contributed by atoms with Gasteiger partial charge < -0.3 is 4.74 Å². The van der Waals surface area contributed by atoms with Crippen LogP contribution < -0.4 is 4.74 Å². The molecule has 19 heavy (non-hydrogen) atoms. The van der Waals surface area contributed by atoms with Crippen LogP contribution in [0.25, 0.3) is 0 Å². The van der Waals surface area contributed by atoms with Crippen molar-refractivity contribution in [1.82, 2.24) is 0 Å². The second-order valence-corrected chi connectivity index (χ2v) is 4.80. The van der Waals surface area contributed by atoms with Gasteiger partial charge in [-0.25, -0.2) is 0 Å². The van der Waals surface area contributed by atoms with Crippen LogP contribution in [-0.4, -0.2) is 5.97 Å². The molecule has 0 saturated heterocycles. The zero-order valence-electron chi connectivity index (χ0n) is 10.7. The molecule has 0 aliphatic heterocycles. The van der Waals surface area contributed by atoms with E-state index in [1.807, 2.05) is 37.3 Å². The summed E-state index contributed by atoms with van der Waals surface area (Å²) in [6.07, 6.45) is 0.716. The maximum Gasteiger partial charge on any atom is 0.318 e. The number of esters is 1. The molecule has 2 aromatic carbocycles. The zero-order chi connectivity index (χ0) is 13.7. The number of hydrogen-bond donors (Lipinski definition) is 1. The molecule has 1 unspecified atom stereocenters. The molecular formula is C16H16O2S. The Balaban J connectivity index is 2.11. The minimum Gasteiger partial charge on any atom is -0.426 e. The fourth-order valence-electron chi connectivity index (χ4n) is 1.93. The lowest BCUT2D eigenvalue weighted by molar-refractivity contribution is -0.136. The van der Waals surface area contributed by atoms with E-state index in [-0.39, 0.29) is 11.9 Å². The predicted octanol–water partition coefficient (Wildman–Crippen LogP) is 4.07. The van der Waals surface area contributed by atoms with Crippen molar-refractivity contribution < 1.29 is 9.53 Å². The molecule has 98 valence electrons. The largest absolute Gasteiger partial charge is 0.426 e. The Kier molecular flexibility index (Phi) is 4.63. The van der Waals surface area contributed by atoms with Gasteiger partial charge in [0.1, 0.15) is 5.75 Å². The SMILES string of the molecule is CCC(C(=O)Oc1ccc(S)cc1)c1ccccc1. The molecule has 0 saturated carbocycles. The molecule has 0 spiro atoms. The molecule has 2 aromatic rings. The Hall–Kier alpha value is -1.74. The average molecular weight is 272 g/mol. The molecule has 0 fully saturated rings. The van der Waals surface area contributed by atoms with E-state index in [2.05, 4.69) is 12.6 Å². The molecule has 0 radical (unpaired) electrons. The first-order valence-electron chi connectivity index (χ1n) is 6.26. The van der Waals surface area contributed by atoms with Crippen LogP contribution in [-0.2, 0) is 4.79 Å². The molecule has 0 amide bonds. The highest BCUT2D eigenvalue weighted by Crippen LogP contribution is 2.23. The highest BCUT2D eigenvalue weighted by Gasteiger charge is 2.20. The number of carbonyl (C=O) groups excluding carboxylic acids is 1. The van der Waals surface area contributed by atoms with Crippen molar-refractivity contribution >= 4 is 18.6 Å². The summed E-state index contributed by atoms with van der Waals surface area (Å²) in [4.78, 5) is 13.0. The highest BCUT2D eigenvalue weighted by atomic mass is 32.1. The smallest absolute Gasteiger partial charge is 0.318 e. The summed E-state index contributed by atoms with van der Waals surface area (Å²) in [7, 11) is 0. The van der Waals surface area contributed by atoms with Gasteiger partial charge in [0.15, 0.2) is 0 Å². The Bertz CT molecular complexity index is 534. The van der Waals surface area contributed by atoms with Crippen LogP contribution >= 0.6 is 12.6 Å². The van der Waals surface area contributed by atoms with Crippen molar-refractivity contribution in [2.75, 3.05) is 0 Å². The van der Waals surface area contributed by atoms with Gasteiger partial charge in [0.05, 0.1) is 5.92 Å². The van der Waals surface area contributed by atoms with Crippen molar-refractivity contribution in [1.29, 1.82) is 0 Å². The van der Waals surface area contributed by atoms with Crippen molar-refractivity contribution in [3.8, 4) is 5.75 Å². The minimum atomic E-state index is -0.225. The minimum absolute atomic E-state index is 0.222. The van der Waals surface area contributed by atoms with E-state index in [0.29, 0.717) is 12.2 Å². The van der Waals surface area contributed by atoms with Crippen molar-refractivity contribution in [3.63, 3.8) is 0 Å². The van der Waals surface area contributed by atoms with Crippen LogP contribution in [0.3, 0.4) is 0 Å². The summed E-state index contributed by atoms with van der Waals surface area (Å²) in [5.74, 6) is 0.106. The molecule has 0 aliphatic carbocycles. The first-order chi connectivity index (χ1) is 9.20. The van der Waals surface area contributed by atoms with Gasteiger partial charge in [-0.1, -0.05) is 37.3 Å². The Morgan fingerprint density at radius 2 is 1.74 bits per heavy atom. The summed E-state index contributed by atoms with van der Waals surface area (Å²) in [6.45, 7) is 1.98. The Morgan fingerprint density at radius 3 is 2.32 bits per heavy atom. The molecular weight excluding hydrogens is 256 g/mol. The van der Waals surface area contributed by atoms with Gasteiger partial charge in [-0.3, -0.25) is 4.79 Å². The normalized spacial score (nSPS) is 11.9. The van der Waals surface area contributed by atoms with E-state index in [9.17, 15) is 4.79 Å². The van der Waals surface area contributed by atoms with Gasteiger partial charge in [0, 0.05) is 4.90 Å². The van der Waals surface area contributed by atoms with Gasteiger partial charge in [-0.15, -0.1) is 12.6 Å². The maximum atomic E-state index is 12.2. The molecule has 0 aromatic heterocycles. The second-order valence-electron chi connectivity index (χ2n) is 4.29. The zero-order valence-corrected chi connectivity index (χ0v) is 11.6. The molecule has 0 bridgehead atoms.